The van der Waals surface area contributed by atoms with Crippen molar-refractivity contribution >= 4 is 34.5 Å². The molecule has 2 aromatic rings. The zero-order valence-electron chi connectivity index (χ0n) is 9.28. The molecule has 1 unspecified atom stereocenters. The third kappa shape index (κ3) is 2.80. The first kappa shape index (κ1) is 12.8. The smallest absolute Gasteiger partial charge is 0.0973 e. The van der Waals surface area contributed by atoms with Gasteiger partial charge in [-0.2, -0.15) is 0 Å². The van der Waals surface area contributed by atoms with E-state index in [0.717, 1.165) is 16.3 Å². The van der Waals surface area contributed by atoms with E-state index in [4.69, 9.17) is 28.9 Å². The summed E-state index contributed by atoms with van der Waals surface area (Å²) >= 11 is 13.5. The third-order valence-electron chi connectivity index (χ3n) is 2.51. The number of benzene rings is 1. The van der Waals surface area contributed by atoms with Gasteiger partial charge < -0.3 is 5.73 Å². The molecule has 1 atom stereocenters. The van der Waals surface area contributed by atoms with Crippen LogP contribution in [-0.4, -0.2) is 11.5 Å². The van der Waals surface area contributed by atoms with Gasteiger partial charge in [0.2, 0.25) is 0 Å². The maximum Gasteiger partial charge on any atom is 0.0973 e. The molecule has 0 fully saturated rings. The quantitative estimate of drug-likeness (QED) is 0.919. The Bertz CT molecular complexity index is 525. The Morgan fingerprint density at radius 3 is 2.76 bits per heavy atom. The van der Waals surface area contributed by atoms with Crippen molar-refractivity contribution < 1.29 is 0 Å². The zero-order chi connectivity index (χ0) is 12.4. The molecule has 1 heterocycles. The molecule has 0 radical (unpaired) electrons. The summed E-state index contributed by atoms with van der Waals surface area (Å²) in [6.45, 7) is 2.67. The highest BCUT2D eigenvalue weighted by Gasteiger charge is 2.10. The second-order valence-electron chi connectivity index (χ2n) is 3.84. The number of nitrogens with zero attached hydrogens (tertiary/aromatic N) is 1. The van der Waals surface area contributed by atoms with E-state index in [2.05, 4.69) is 11.9 Å². The second kappa shape index (κ2) is 5.36. The molecule has 1 aromatic carbocycles. The van der Waals surface area contributed by atoms with Crippen molar-refractivity contribution in [2.24, 2.45) is 5.73 Å². The topological polar surface area (TPSA) is 38.9 Å². The van der Waals surface area contributed by atoms with Gasteiger partial charge in [0.15, 0.2) is 0 Å². The standard InChI is InChI=1S/C12H12Cl2N2S/c1-7(5-15)12-16-11(6-17-12)8-2-3-9(13)10(14)4-8/h2-4,6-7H,5,15H2,1H3. The zero-order valence-corrected chi connectivity index (χ0v) is 11.6. The minimum Gasteiger partial charge on any atom is -0.330 e. The first-order valence-corrected chi connectivity index (χ1v) is 6.86. The van der Waals surface area contributed by atoms with Crippen LogP contribution >= 0.6 is 34.5 Å². The number of halogens is 2. The largest absolute Gasteiger partial charge is 0.330 e. The highest BCUT2D eigenvalue weighted by molar-refractivity contribution is 7.10. The molecule has 2 rings (SSSR count). The van der Waals surface area contributed by atoms with Gasteiger partial charge in [0.1, 0.15) is 0 Å². The molecule has 0 aliphatic heterocycles. The molecule has 0 aliphatic carbocycles. The SMILES string of the molecule is CC(CN)c1nc(-c2ccc(Cl)c(Cl)c2)cs1. The van der Waals surface area contributed by atoms with Crippen LogP contribution in [0.25, 0.3) is 11.3 Å². The summed E-state index contributed by atoms with van der Waals surface area (Å²) in [6.07, 6.45) is 0. The Balaban J connectivity index is 2.33. The molecular weight excluding hydrogens is 275 g/mol. The van der Waals surface area contributed by atoms with Gasteiger partial charge in [0, 0.05) is 23.4 Å². The lowest BCUT2D eigenvalue weighted by molar-refractivity contribution is 0.766. The minimum absolute atomic E-state index is 0.288. The number of hydrogen-bond donors (Lipinski definition) is 1. The van der Waals surface area contributed by atoms with E-state index in [9.17, 15) is 0 Å². The van der Waals surface area contributed by atoms with Crippen LogP contribution in [0.5, 0.6) is 0 Å². The lowest BCUT2D eigenvalue weighted by Crippen LogP contribution is -2.08. The molecule has 1 aromatic heterocycles. The maximum atomic E-state index is 5.98. The van der Waals surface area contributed by atoms with Crippen LogP contribution in [0, 0.1) is 0 Å². The molecule has 0 amide bonds. The van der Waals surface area contributed by atoms with Crippen LogP contribution in [0.2, 0.25) is 10.0 Å². The fourth-order valence-electron chi connectivity index (χ4n) is 1.40. The summed E-state index contributed by atoms with van der Waals surface area (Å²) in [5.41, 5.74) is 7.52. The fraction of sp³-hybridized carbons (Fsp3) is 0.250. The normalized spacial score (nSPS) is 12.7. The van der Waals surface area contributed by atoms with Gasteiger partial charge in [0.05, 0.1) is 20.7 Å². The van der Waals surface area contributed by atoms with Crippen LogP contribution in [-0.2, 0) is 0 Å². The first-order valence-electron chi connectivity index (χ1n) is 5.22. The van der Waals surface area contributed by atoms with Crippen molar-refractivity contribution in [3.05, 3.63) is 38.6 Å². The Morgan fingerprint density at radius 2 is 2.12 bits per heavy atom. The average Bonchev–Trinajstić information content (AvgIpc) is 2.81. The second-order valence-corrected chi connectivity index (χ2v) is 5.54. The predicted molar refractivity (Wildman–Crippen MR) is 75.0 cm³/mol. The summed E-state index contributed by atoms with van der Waals surface area (Å²) in [7, 11) is 0. The van der Waals surface area contributed by atoms with E-state index in [0.29, 0.717) is 16.6 Å². The monoisotopic (exact) mass is 286 g/mol. The van der Waals surface area contributed by atoms with Gasteiger partial charge in [-0.1, -0.05) is 36.2 Å². The van der Waals surface area contributed by atoms with Crippen molar-refractivity contribution in [3.8, 4) is 11.3 Å². The molecule has 0 saturated carbocycles. The number of aromatic nitrogens is 1. The van der Waals surface area contributed by atoms with Crippen molar-refractivity contribution in [1.29, 1.82) is 0 Å². The van der Waals surface area contributed by atoms with E-state index < -0.39 is 0 Å². The van der Waals surface area contributed by atoms with Gasteiger partial charge in [-0.3, -0.25) is 0 Å². The molecule has 0 spiro atoms. The van der Waals surface area contributed by atoms with E-state index in [-0.39, 0.29) is 5.92 Å². The van der Waals surface area contributed by atoms with Crippen LogP contribution in [0.15, 0.2) is 23.6 Å². The lowest BCUT2D eigenvalue weighted by Gasteiger charge is -2.02. The number of nitrogens with two attached hydrogens (primary N) is 1. The van der Waals surface area contributed by atoms with Crippen LogP contribution in [0.4, 0.5) is 0 Å². The maximum absolute atomic E-state index is 5.98. The first-order chi connectivity index (χ1) is 8.11. The minimum atomic E-state index is 0.288. The van der Waals surface area contributed by atoms with E-state index in [1.807, 2.05) is 17.5 Å². The number of thiazole rings is 1. The molecule has 2 N–H and O–H groups in total. The molecule has 5 heteroatoms. The Morgan fingerprint density at radius 1 is 1.35 bits per heavy atom. The van der Waals surface area contributed by atoms with Crippen LogP contribution in [0.3, 0.4) is 0 Å². The van der Waals surface area contributed by atoms with Gasteiger partial charge >= 0.3 is 0 Å². The highest BCUT2D eigenvalue weighted by atomic mass is 35.5. The molecular formula is C12H12Cl2N2S. The van der Waals surface area contributed by atoms with Crippen LogP contribution in [0.1, 0.15) is 17.8 Å². The number of rotatable bonds is 3. The van der Waals surface area contributed by atoms with Crippen molar-refractivity contribution in [2.45, 2.75) is 12.8 Å². The molecule has 2 nitrogen and oxygen atoms in total. The van der Waals surface area contributed by atoms with Gasteiger partial charge in [-0.05, 0) is 12.1 Å². The van der Waals surface area contributed by atoms with Crippen molar-refractivity contribution in [1.82, 2.24) is 4.98 Å². The summed E-state index contributed by atoms with van der Waals surface area (Å²) in [5.74, 6) is 0.288. The molecule has 0 saturated heterocycles. The summed E-state index contributed by atoms with van der Waals surface area (Å²) in [4.78, 5) is 4.56. The summed E-state index contributed by atoms with van der Waals surface area (Å²) in [6, 6.07) is 5.53. The molecule has 0 bridgehead atoms. The van der Waals surface area contributed by atoms with Crippen molar-refractivity contribution in [3.63, 3.8) is 0 Å². The predicted octanol–water partition coefficient (Wildman–Crippen LogP) is 4.18. The highest BCUT2D eigenvalue weighted by Crippen LogP contribution is 2.30. The molecule has 17 heavy (non-hydrogen) atoms. The summed E-state index contributed by atoms with van der Waals surface area (Å²) < 4.78 is 0. The Hall–Kier alpha value is -0.610. The van der Waals surface area contributed by atoms with E-state index in [1.165, 1.54) is 0 Å². The van der Waals surface area contributed by atoms with Crippen molar-refractivity contribution in [2.75, 3.05) is 6.54 Å². The van der Waals surface area contributed by atoms with E-state index >= 15 is 0 Å². The molecule has 0 aliphatic rings. The lowest BCUT2D eigenvalue weighted by atomic mass is 10.1. The third-order valence-corrected chi connectivity index (χ3v) is 4.33. The van der Waals surface area contributed by atoms with E-state index in [1.54, 1.807) is 17.4 Å². The van der Waals surface area contributed by atoms with Gasteiger partial charge in [-0.25, -0.2) is 4.98 Å². The average molecular weight is 287 g/mol. The Labute approximate surface area is 114 Å². The Kier molecular flexibility index (Phi) is 4.05. The van der Waals surface area contributed by atoms with Gasteiger partial charge in [0.25, 0.3) is 0 Å². The fourth-order valence-corrected chi connectivity index (χ4v) is 2.60. The van der Waals surface area contributed by atoms with Gasteiger partial charge in [-0.15, -0.1) is 11.3 Å². The van der Waals surface area contributed by atoms with Crippen LogP contribution < -0.4 is 5.73 Å². The summed E-state index contributed by atoms with van der Waals surface area (Å²) in [5, 5.41) is 4.17. The number of hydrogen-bond acceptors (Lipinski definition) is 3. The molecule has 90 valence electrons.